The number of hydrogen-bond donors (Lipinski definition) is 1. The molecule has 2 heteroatoms. The fraction of sp³-hybridized carbons (Fsp3) is 0.294. The maximum absolute atomic E-state index is 5.82. The molecule has 2 rings (SSSR count). The van der Waals surface area contributed by atoms with E-state index in [-0.39, 0.29) is 0 Å². The molecule has 0 amide bonds. The van der Waals surface area contributed by atoms with Crippen LogP contribution in [0.3, 0.4) is 0 Å². The average Bonchev–Trinajstić information content (AvgIpc) is 2.41. The van der Waals surface area contributed by atoms with Crippen LogP contribution in [0.4, 0.5) is 5.69 Å². The zero-order chi connectivity index (χ0) is 13.7. The van der Waals surface area contributed by atoms with Gasteiger partial charge in [0.05, 0.1) is 0 Å². The summed E-state index contributed by atoms with van der Waals surface area (Å²) in [5, 5.41) is 3.39. The number of anilines is 1. The van der Waals surface area contributed by atoms with Crippen molar-refractivity contribution in [1.29, 1.82) is 0 Å². The molecule has 0 spiro atoms. The number of benzene rings is 2. The Morgan fingerprint density at radius 2 is 1.63 bits per heavy atom. The lowest BCUT2D eigenvalue weighted by atomic mass is 10.1. The second kappa shape index (κ2) is 6.28. The van der Waals surface area contributed by atoms with Gasteiger partial charge in [-0.3, -0.25) is 0 Å². The van der Waals surface area contributed by atoms with Crippen LogP contribution in [0.2, 0.25) is 0 Å². The van der Waals surface area contributed by atoms with Crippen LogP contribution in [0, 0.1) is 20.8 Å². The molecule has 2 aromatic rings. The highest BCUT2D eigenvalue weighted by Crippen LogP contribution is 2.20. The number of aryl methyl sites for hydroxylation is 2. The molecule has 0 radical (unpaired) electrons. The number of nitrogens with one attached hydrogen (secondary N) is 1. The van der Waals surface area contributed by atoms with Gasteiger partial charge in [0.15, 0.2) is 0 Å². The van der Waals surface area contributed by atoms with Crippen molar-refractivity contribution in [3.8, 4) is 5.75 Å². The summed E-state index contributed by atoms with van der Waals surface area (Å²) < 4.78 is 5.82. The fourth-order valence-corrected chi connectivity index (χ4v) is 2.00. The molecule has 0 saturated heterocycles. The molecule has 19 heavy (non-hydrogen) atoms. The van der Waals surface area contributed by atoms with Crippen LogP contribution < -0.4 is 10.1 Å². The monoisotopic (exact) mass is 255 g/mol. The van der Waals surface area contributed by atoms with E-state index < -0.39 is 0 Å². The molecule has 1 N–H and O–H groups in total. The summed E-state index contributed by atoms with van der Waals surface area (Å²) in [5.41, 5.74) is 4.92. The molecule has 0 bridgehead atoms. The van der Waals surface area contributed by atoms with E-state index in [4.69, 9.17) is 4.74 Å². The molecule has 0 heterocycles. The first-order valence-corrected chi connectivity index (χ1v) is 6.67. The summed E-state index contributed by atoms with van der Waals surface area (Å²) in [4.78, 5) is 0. The van der Waals surface area contributed by atoms with Crippen LogP contribution in [0.1, 0.15) is 16.7 Å². The Bertz CT molecular complexity index is 549. The molecule has 0 aromatic heterocycles. The minimum Gasteiger partial charge on any atom is -0.491 e. The molecule has 0 aliphatic carbocycles. The van der Waals surface area contributed by atoms with Crippen molar-refractivity contribution in [2.75, 3.05) is 18.5 Å². The lowest BCUT2D eigenvalue weighted by molar-refractivity contribution is 0.330. The standard InChI is InChI=1S/C17H21NO/c1-13-8-6-10-17(15(13)3)19-12-11-18-16-9-5-4-7-14(16)2/h4-10,18H,11-12H2,1-3H3. The van der Waals surface area contributed by atoms with E-state index >= 15 is 0 Å². The van der Waals surface area contributed by atoms with E-state index in [1.165, 1.54) is 22.4 Å². The Balaban J connectivity index is 1.84. The second-order valence-corrected chi connectivity index (χ2v) is 4.79. The van der Waals surface area contributed by atoms with E-state index in [1.54, 1.807) is 0 Å². The summed E-state index contributed by atoms with van der Waals surface area (Å²) >= 11 is 0. The first-order valence-electron chi connectivity index (χ1n) is 6.67. The normalized spacial score (nSPS) is 10.3. The van der Waals surface area contributed by atoms with Crippen LogP contribution in [0.25, 0.3) is 0 Å². The van der Waals surface area contributed by atoms with Gasteiger partial charge < -0.3 is 10.1 Å². The highest BCUT2D eigenvalue weighted by molar-refractivity contribution is 5.50. The number of rotatable bonds is 5. The predicted molar refractivity (Wildman–Crippen MR) is 81.1 cm³/mol. The summed E-state index contributed by atoms with van der Waals surface area (Å²) in [7, 11) is 0. The van der Waals surface area contributed by atoms with E-state index in [0.717, 1.165) is 12.3 Å². The highest BCUT2D eigenvalue weighted by Gasteiger charge is 2.01. The van der Waals surface area contributed by atoms with E-state index in [2.05, 4.69) is 44.3 Å². The van der Waals surface area contributed by atoms with Gasteiger partial charge in [0.1, 0.15) is 12.4 Å². The number of para-hydroxylation sites is 1. The maximum atomic E-state index is 5.82. The molecule has 0 fully saturated rings. The molecule has 2 aromatic carbocycles. The first kappa shape index (κ1) is 13.5. The highest BCUT2D eigenvalue weighted by atomic mass is 16.5. The summed E-state index contributed by atoms with van der Waals surface area (Å²) in [5.74, 6) is 0.978. The first-order chi connectivity index (χ1) is 9.18. The van der Waals surface area contributed by atoms with Crippen molar-refractivity contribution in [2.24, 2.45) is 0 Å². The Morgan fingerprint density at radius 1 is 0.895 bits per heavy atom. The third-order valence-corrected chi connectivity index (χ3v) is 3.38. The van der Waals surface area contributed by atoms with Crippen molar-refractivity contribution in [3.63, 3.8) is 0 Å². The molecule has 0 saturated carbocycles. The van der Waals surface area contributed by atoms with Crippen LogP contribution in [0.15, 0.2) is 42.5 Å². The second-order valence-electron chi connectivity index (χ2n) is 4.79. The minimum atomic E-state index is 0.665. The Labute approximate surface area is 115 Å². The van der Waals surface area contributed by atoms with Gasteiger partial charge in [0.2, 0.25) is 0 Å². The number of hydrogen-bond acceptors (Lipinski definition) is 2. The summed E-state index contributed by atoms with van der Waals surface area (Å²) in [6.07, 6.45) is 0. The van der Waals surface area contributed by atoms with Crippen molar-refractivity contribution in [1.82, 2.24) is 0 Å². The quantitative estimate of drug-likeness (QED) is 0.812. The molecule has 0 unspecified atom stereocenters. The van der Waals surface area contributed by atoms with Crippen LogP contribution in [0.5, 0.6) is 5.75 Å². The molecule has 0 aliphatic heterocycles. The lowest BCUT2D eigenvalue weighted by Crippen LogP contribution is -2.12. The third kappa shape index (κ3) is 3.50. The zero-order valence-electron chi connectivity index (χ0n) is 11.9. The van der Waals surface area contributed by atoms with Gasteiger partial charge in [-0.2, -0.15) is 0 Å². The zero-order valence-corrected chi connectivity index (χ0v) is 11.9. The van der Waals surface area contributed by atoms with Gasteiger partial charge in [-0.05, 0) is 49.6 Å². The molecular formula is C17H21NO. The van der Waals surface area contributed by atoms with Gasteiger partial charge in [-0.1, -0.05) is 30.3 Å². The smallest absolute Gasteiger partial charge is 0.122 e. The van der Waals surface area contributed by atoms with E-state index in [0.29, 0.717) is 6.61 Å². The number of ether oxygens (including phenoxy) is 1. The van der Waals surface area contributed by atoms with Crippen molar-refractivity contribution >= 4 is 5.69 Å². The van der Waals surface area contributed by atoms with Gasteiger partial charge >= 0.3 is 0 Å². The molecule has 100 valence electrons. The third-order valence-electron chi connectivity index (χ3n) is 3.38. The Morgan fingerprint density at radius 3 is 2.42 bits per heavy atom. The average molecular weight is 255 g/mol. The summed E-state index contributed by atoms with van der Waals surface area (Å²) in [6.45, 7) is 7.78. The summed E-state index contributed by atoms with van der Waals surface area (Å²) in [6, 6.07) is 14.4. The maximum Gasteiger partial charge on any atom is 0.122 e. The SMILES string of the molecule is Cc1ccccc1NCCOc1cccc(C)c1C. The molecule has 0 atom stereocenters. The Hall–Kier alpha value is -1.96. The predicted octanol–water partition coefficient (Wildman–Crippen LogP) is 4.10. The van der Waals surface area contributed by atoms with Crippen LogP contribution in [-0.4, -0.2) is 13.2 Å². The van der Waals surface area contributed by atoms with Gasteiger partial charge in [0, 0.05) is 12.2 Å². The van der Waals surface area contributed by atoms with Crippen molar-refractivity contribution in [3.05, 3.63) is 59.2 Å². The van der Waals surface area contributed by atoms with E-state index in [9.17, 15) is 0 Å². The van der Waals surface area contributed by atoms with Crippen LogP contribution in [-0.2, 0) is 0 Å². The molecular weight excluding hydrogens is 234 g/mol. The minimum absolute atomic E-state index is 0.665. The van der Waals surface area contributed by atoms with Gasteiger partial charge in [0.25, 0.3) is 0 Å². The van der Waals surface area contributed by atoms with Gasteiger partial charge in [-0.15, -0.1) is 0 Å². The Kier molecular flexibility index (Phi) is 4.45. The van der Waals surface area contributed by atoms with Crippen molar-refractivity contribution in [2.45, 2.75) is 20.8 Å². The topological polar surface area (TPSA) is 21.3 Å². The molecule has 2 nitrogen and oxygen atoms in total. The van der Waals surface area contributed by atoms with E-state index in [1.807, 2.05) is 24.3 Å². The van der Waals surface area contributed by atoms with Crippen molar-refractivity contribution < 1.29 is 4.74 Å². The van der Waals surface area contributed by atoms with Crippen LogP contribution >= 0.6 is 0 Å². The van der Waals surface area contributed by atoms with Gasteiger partial charge in [-0.25, -0.2) is 0 Å². The largest absolute Gasteiger partial charge is 0.491 e. The lowest BCUT2D eigenvalue weighted by Gasteiger charge is -2.12. The fourth-order valence-electron chi connectivity index (χ4n) is 2.00. The molecule has 0 aliphatic rings.